The lowest BCUT2D eigenvalue weighted by atomic mass is 9.82. The van der Waals surface area contributed by atoms with Gasteiger partial charge in [-0.3, -0.25) is 4.68 Å². The highest BCUT2D eigenvalue weighted by atomic mass is 16.7. The Bertz CT molecular complexity index is 598. The summed E-state index contributed by atoms with van der Waals surface area (Å²) in [5, 5.41) is 13.7. The van der Waals surface area contributed by atoms with Crippen molar-refractivity contribution in [3.8, 4) is 6.07 Å². The van der Waals surface area contributed by atoms with Gasteiger partial charge in [0.15, 0.2) is 0 Å². The summed E-state index contributed by atoms with van der Waals surface area (Å²) in [5.41, 5.74) is 0.230. The van der Waals surface area contributed by atoms with Crippen molar-refractivity contribution in [3.05, 3.63) is 12.4 Å². The molecule has 3 rings (SSSR count). The van der Waals surface area contributed by atoms with Gasteiger partial charge >= 0.3 is 7.12 Å². The van der Waals surface area contributed by atoms with Gasteiger partial charge in [0.1, 0.15) is 0 Å². The fourth-order valence-corrected chi connectivity index (χ4v) is 3.67. The van der Waals surface area contributed by atoms with E-state index in [2.05, 4.69) is 38.9 Å². The quantitative estimate of drug-likeness (QED) is 0.778. The van der Waals surface area contributed by atoms with Gasteiger partial charge in [0.2, 0.25) is 0 Å². The van der Waals surface area contributed by atoms with Crippen LogP contribution in [0.1, 0.15) is 72.3 Å². The van der Waals surface area contributed by atoms with Crippen molar-refractivity contribution in [1.29, 1.82) is 5.26 Å². The third-order valence-electron chi connectivity index (χ3n) is 5.93. The maximum absolute atomic E-state index is 9.19. The Kier molecular flexibility index (Phi) is 4.77. The zero-order chi connectivity index (χ0) is 17.4. The second-order valence-corrected chi connectivity index (χ2v) is 8.24. The Labute approximate surface area is 145 Å². The maximum atomic E-state index is 9.19. The Balaban J connectivity index is 1.73. The third kappa shape index (κ3) is 3.38. The molecule has 1 aromatic rings. The topological polar surface area (TPSA) is 60.1 Å². The molecule has 6 heteroatoms. The predicted octanol–water partition coefficient (Wildman–Crippen LogP) is 3.22. The minimum Gasteiger partial charge on any atom is -0.399 e. The van der Waals surface area contributed by atoms with Crippen LogP contribution in [0.25, 0.3) is 0 Å². The molecule has 0 aromatic carbocycles. The Morgan fingerprint density at radius 2 is 1.92 bits per heavy atom. The Morgan fingerprint density at radius 1 is 1.29 bits per heavy atom. The Morgan fingerprint density at radius 3 is 2.50 bits per heavy atom. The van der Waals surface area contributed by atoms with E-state index in [0.717, 1.165) is 17.8 Å². The summed E-state index contributed by atoms with van der Waals surface area (Å²) in [6.45, 7) is 8.21. The van der Waals surface area contributed by atoms with Crippen molar-refractivity contribution in [3.63, 3.8) is 0 Å². The molecule has 2 fully saturated rings. The number of nitrogens with zero attached hydrogens (tertiary/aromatic N) is 3. The van der Waals surface area contributed by atoms with E-state index in [-0.39, 0.29) is 17.2 Å². The van der Waals surface area contributed by atoms with Crippen molar-refractivity contribution in [2.75, 3.05) is 0 Å². The summed E-state index contributed by atoms with van der Waals surface area (Å²) in [6.07, 6.45) is 10.6. The molecule has 0 N–H and O–H groups in total. The van der Waals surface area contributed by atoms with Crippen LogP contribution in [0.2, 0.25) is 0 Å². The summed E-state index contributed by atoms with van der Waals surface area (Å²) in [4.78, 5) is 0. The van der Waals surface area contributed by atoms with E-state index in [4.69, 9.17) is 9.31 Å². The molecule has 1 saturated carbocycles. The van der Waals surface area contributed by atoms with Gasteiger partial charge < -0.3 is 9.31 Å². The molecule has 0 spiro atoms. The monoisotopic (exact) mass is 329 g/mol. The van der Waals surface area contributed by atoms with Crippen molar-refractivity contribution < 1.29 is 9.31 Å². The molecule has 1 saturated heterocycles. The van der Waals surface area contributed by atoms with Crippen LogP contribution < -0.4 is 5.46 Å². The lowest BCUT2D eigenvalue weighted by molar-refractivity contribution is 0.00578. The largest absolute Gasteiger partial charge is 0.498 e. The number of rotatable bonds is 5. The highest BCUT2D eigenvalue weighted by molar-refractivity contribution is 6.62. The molecule has 0 bridgehead atoms. The summed E-state index contributed by atoms with van der Waals surface area (Å²) < 4.78 is 14.1. The summed E-state index contributed by atoms with van der Waals surface area (Å²) in [5.74, 6) is 0.729. The highest BCUT2D eigenvalue weighted by Gasteiger charge is 2.52. The molecular weight excluding hydrogens is 301 g/mol. The SMILES string of the molecule is CC1(C)OB(c2cnn([C@@H](CC#N)CC3CCCC3)c2)OC1(C)C. The zero-order valence-corrected chi connectivity index (χ0v) is 15.3. The normalized spacial score (nSPS) is 24.2. The molecule has 2 aliphatic rings. The number of aromatic nitrogens is 2. The lowest BCUT2D eigenvalue weighted by Gasteiger charge is -2.32. The summed E-state index contributed by atoms with van der Waals surface area (Å²) in [6, 6.07) is 2.47. The van der Waals surface area contributed by atoms with Crippen molar-refractivity contribution in [2.24, 2.45) is 5.92 Å². The molecule has 0 radical (unpaired) electrons. The highest BCUT2D eigenvalue weighted by Crippen LogP contribution is 2.37. The maximum Gasteiger partial charge on any atom is 0.498 e. The minimum absolute atomic E-state index is 0.147. The lowest BCUT2D eigenvalue weighted by Crippen LogP contribution is -2.41. The summed E-state index contributed by atoms with van der Waals surface area (Å²) >= 11 is 0. The predicted molar refractivity (Wildman–Crippen MR) is 93.8 cm³/mol. The van der Waals surface area contributed by atoms with Gasteiger partial charge in [0, 0.05) is 17.9 Å². The molecule has 130 valence electrons. The van der Waals surface area contributed by atoms with Crippen LogP contribution in [0, 0.1) is 17.2 Å². The molecule has 24 heavy (non-hydrogen) atoms. The smallest absolute Gasteiger partial charge is 0.399 e. The molecule has 0 amide bonds. The van der Waals surface area contributed by atoms with Crippen molar-refractivity contribution in [2.45, 2.75) is 83.5 Å². The molecule has 0 unspecified atom stereocenters. The first-order valence-corrected chi connectivity index (χ1v) is 9.09. The number of nitriles is 1. The molecule has 2 heterocycles. The van der Waals surface area contributed by atoms with Crippen molar-refractivity contribution in [1.82, 2.24) is 9.78 Å². The molecule has 1 aliphatic carbocycles. The fourth-order valence-electron chi connectivity index (χ4n) is 3.67. The van der Waals surface area contributed by atoms with Crippen LogP contribution in [0.3, 0.4) is 0 Å². The zero-order valence-electron chi connectivity index (χ0n) is 15.3. The van der Waals surface area contributed by atoms with Gasteiger partial charge in [-0.2, -0.15) is 10.4 Å². The van der Waals surface area contributed by atoms with Gasteiger partial charge in [-0.25, -0.2) is 0 Å². The minimum atomic E-state index is -0.391. The fraction of sp³-hybridized carbons (Fsp3) is 0.778. The van der Waals surface area contributed by atoms with E-state index in [1.165, 1.54) is 25.7 Å². The Hall–Kier alpha value is -1.32. The van der Waals surface area contributed by atoms with Crippen LogP contribution in [-0.2, 0) is 9.31 Å². The second kappa shape index (κ2) is 6.53. The van der Waals surface area contributed by atoms with E-state index in [1.807, 2.05) is 17.1 Å². The van der Waals surface area contributed by atoms with Crippen molar-refractivity contribution >= 4 is 12.6 Å². The molecule has 5 nitrogen and oxygen atoms in total. The number of hydrogen-bond donors (Lipinski definition) is 0. The standard InChI is InChI=1S/C18H28BN3O2/c1-17(2)18(3,4)24-19(23-17)15-12-21-22(13-15)16(9-10-20)11-14-7-5-6-8-14/h12-14,16H,5-9,11H2,1-4H3/t16-/m0/s1. The summed E-state index contributed by atoms with van der Waals surface area (Å²) in [7, 11) is -0.391. The van der Waals surface area contributed by atoms with E-state index in [9.17, 15) is 5.26 Å². The van der Waals surface area contributed by atoms with Gasteiger partial charge in [-0.05, 0) is 40.0 Å². The van der Waals surface area contributed by atoms with E-state index >= 15 is 0 Å². The third-order valence-corrected chi connectivity index (χ3v) is 5.93. The molecule has 1 aromatic heterocycles. The second-order valence-electron chi connectivity index (χ2n) is 8.24. The van der Waals surface area contributed by atoms with E-state index in [0.29, 0.717) is 6.42 Å². The van der Waals surface area contributed by atoms with Crippen LogP contribution in [0.4, 0.5) is 0 Å². The van der Waals surface area contributed by atoms with Gasteiger partial charge in [-0.1, -0.05) is 25.7 Å². The first-order chi connectivity index (χ1) is 11.3. The molecule has 1 aliphatic heterocycles. The van der Waals surface area contributed by atoms with Gasteiger partial charge in [-0.15, -0.1) is 0 Å². The van der Waals surface area contributed by atoms with E-state index in [1.54, 1.807) is 0 Å². The van der Waals surface area contributed by atoms with Crippen LogP contribution in [0.5, 0.6) is 0 Å². The van der Waals surface area contributed by atoms with Crippen LogP contribution >= 0.6 is 0 Å². The van der Waals surface area contributed by atoms with Crippen LogP contribution in [-0.4, -0.2) is 28.1 Å². The first-order valence-electron chi connectivity index (χ1n) is 9.09. The van der Waals surface area contributed by atoms with E-state index < -0.39 is 7.12 Å². The average Bonchev–Trinajstić information content (AvgIpc) is 3.20. The number of hydrogen-bond acceptors (Lipinski definition) is 4. The molecule has 1 atom stereocenters. The molecular formula is C18H28BN3O2. The van der Waals surface area contributed by atoms with Crippen LogP contribution in [0.15, 0.2) is 12.4 Å². The first kappa shape index (κ1) is 17.5. The average molecular weight is 329 g/mol. The van der Waals surface area contributed by atoms with Gasteiger partial charge in [0.25, 0.3) is 0 Å². The van der Waals surface area contributed by atoms with Gasteiger partial charge in [0.05, 0.1) is 29.7 Å².